The topological polar surface area (TPSA) is 108 Å². The van der Waals surface area contributed by atoms with Gasteiger partial charge in [-0.05, 0) is 6.07 Å². The smallest absolute Gasteiger partial charge is 0.306 e. The molecule has 0 aliphatic rings. The van der Waals surface area contributed by atoms with Crippen molar-refractivity contribution >= 4 is 12.3 Å². The van der Waals surface area contributed by atoms with Crippen molar-refractivity contribution in [1.29, 1.82) is 0 Å². The molecule has 16 heavy (non-hydrogen) atoms. The first kappa shape index (κ1) is 12.3. The Hall–Kier alpha value is -1.79. The number of hydrogen-bond acceptors (Lipinski definition) is 5. The van der Waals surface area contributed by atoms with E-state index in [4.69, 9.17) is 5.11 Å². The van der Waals surface area contributed by atoms with Crippen LogP contribution in [0.25, 0.3) is 0 Å². The van der Waals surface area contributed by atoms with Gasteiger partial charge in [-0.3, -0.25) is 14.6 Å². The molecule has 1 aromatic heterocycles. The van der Waals surface area contributed by atoms with Crippen LogP contribution in [0.1, 0.15) is 28.6 Å². The normalized spacial score (nSPS) is 14.1. The second-order valence-electron chi connectivity index (χ2n) is 3.24. The summed E-state index contributed by atoms with van der Waals surface area (Å²) in [5, 5.41) is 27.3. The zero-order valence-electron chi connectivity index (χ0n) is 8.28. The summed E-state index contributed by atoms with van der Waals surface area (Å²) in [4.78, 5) is 24.3. The second kappa shape index (κ2) is 5.34. The van der Waals surface area contributed by atoms with Gasteiger partial charge in [-0.25, -0.2) is 0 Å². The number of carbonyl (C=O) groups is 2. The van der Waals surface area contributed by atoms with Gasteiger partial charge in [-0.15, -0.1) is 0 Å². The summed E-state index contributed by atoms with van der Waals surface area (Å²) >= 11 is 0. The van der Waals surface area contributed by atoms with Crippen LogP contribution < -0.4 is 0 Å². The molecule has 0 radical (unpaired) electrons. The third-order valence-electron chi connectivity index (χ3n) is 2.02. The number of nitrogens with zero attached hydrogens (tertiary/aromatic N) is 1. The van der Waals surface area contributed by atoms with E-state index < -0.39 is 24.6 Å². The maximum Gasteiger partial charge on any atom is 0.306 e. The van der Waals surface area contributed by atoms with Gasteiger partial charge < -0.3 is 15.3 Å². The highest BCUT2D eigenvalue weighted by Crippen LogP contribution is 2.18. The number of aliphatic hydroxyl groups excluding tert-OH is 2. The number of carbonyl (C=O) groups excluding carboxylic acids is 1. The summed E-state index contributed by atoms with van der Waals surface area (Å²) in [5.41, 5.74) is 0.461. The van der Waals surface area contributed by atoms with Gasteiger partial charge in [0.15, 0.2) is 6.29 Å². The van der Waals surface area contributed by atoms with E-state index in [-0.39, 0.29) is 11.3 Å². The van der Waals surface area contributed by atoms with Crippen molar-refractivity contribution in [1.82, 2.24) is 4.98 Å². The number of pyridine rings is 1. The SMILES string of the molecule is O=Cc1ccc(C(O)C(O)CC(=O)O)cn1. The van der Waals surface area contributed by atoms with Crippen LogP contribution >= 0.6 is 0 Å². The second-order valence-corrected chi connectivity index (χ2v) is 3.24. The van der Waals surface area contributed by atoms with E-state index in [0.717, 1.165) is 0 Å². The van der Waals surface area contributed by atoms with Crippen LogP contribution in [0, 0.1) is 0 Å². The fraction of sp³-hybridized carbons (Fsp3) is 0.300. The van der Waals surface area contributed by atoms with Crippen LogP contribution in [0.15, 0.2) is 18.3 Å². The Balaban J connectivity index is 2.75. The Labute approximate surface area is 91.2 Å². The van der Waals surface area contributed by atoms with Gasteiger partial charge in [0.2, 0.25) is 0 Å². The monoisotopic (exact) mass is 225 g/mol. The zero-order valence-corrected chi connectivity index (χ0v) is 8.28. The lowest BCUT2D eigenvalue weighted by molar-refractivity contribution is -0.141. The summed E-state index contributed by atoms with van der Waals surface area (Å²) in [7, 11) is 0. The van der Waals surface area contributed by atoms with Gasteiger partial charge in [-0.2, -0.15) is 0 Å². The van der Waals surface area contributed by atoms with E-state index in [2.05, 4.69) is 4.98 Å². The van der Waals surface area contributed by atoms with Crippen LogP contribution in [0.2, 0.25) is 0 Å². The van der Waals surface area contributed by atoms with Gasteiger partial charge in [0.1, 0.15) is 11.8 Å². The maximum atomic E-state index is 10.3. The van der Waals surface area contributed by atoms with Crippen LogP contribution in [0.5, 0.6) is 0 Å². The molecule has 0 saturated carbocycles. The molecule has 0 aliphatic carbocycles. The molecule has 3 N–H and O–H groups in total. The van der Waals surface area contributed by atoms with Crippen LogP contribution in [0.4, 0.5) is 0 Å². The predicted octanol–water partition coefficient (Wildman–Crippen LogP) is -0.237. The van der Waals surface area contributed by atoms with Gasteiger partial charge in [0.05, 0.1) is 12.5 Å². The minimum absolute atomic E-state index is 0.198. The standard InChI is InChI=1S/C10H11NO5/c12-5-7-2-1-6(4-11-7)10(16)8(13)3-9(14)15/h1-2,4-5,8,10,13,16H,3H2,(H,14,15). The fourth-order valence-corrected chi connectivity index (χ4v) is 1.17. The van der Waals surface area contributed by atoms with Crippen molar-refractivity contribution in [2.24, 2.45) is 0 Å². The Morgan fingerprint density at radius 1 is 1.44 bits per heavy atom. The highest BCUT2D eigenvalue weighted by molar-refractivity contribution is 5.71. The molecule has 1 aromatic rings. The summed E-state index contributed by atoms with van der Waals surface area (Å²) in [6.07, 6.45) is -1.52. The largest absolute Gasteiger partial charge is 0.481 e. The summed E-state index contributed by atoms with van der Waals surface area (Å²) in [5.74, 6) is -1.20. The first-order valence-corrected chi connectivity index (χ1v) is 4.53. The molecule has 2 atom stereocenters. The Kier molecular flexibility index (Phi) is 4.10. The lowest BCUT2D eigenvalue weighted by Crippen LogP contribution is -2.21. The van der Waals surface area contributed by atoms with Gasteiger partial charge in [0.25, 0.3) is 0 Å². The molecule has 1 rings (SSSR count). The number of rotatable bonds is 5. The molecule has 0 amide bonds. The Bertz CT molecular complexity index is 375. The molecule has 86 valence electrons. The van der Waals surface area contributed by atoms with E-state index in [1.165, 1.54) is 18.3 Å². The van der Waals surface area contributed by atoms with Crippen molar-refractivity contribution < 1.29 is 24.9 Å². The third-order valence-corrected chi connectivity index (χ3v) is 2.02. The zero-order chi connectivity index (χ0) is 12.1. The predicted molar refractivity (Wildman–Crippen MR) is 52.8 cm³/mol. The number of aliphatic hydroxyl groups is 2. The van der Waals surface area contributed by atoms with E-state index >= 15 is 0 Å². The van der Waals surface area contributed by atoms with Gasteiger partial charge in [0, 0.05) is 11.8 Å². The van der Waals surface area contributed by atoms with Crippen LogP contribution in [-0.4, -0.2) is 38.7 Å². The highest BCUT2D eigenvalue weighted by atomic mass is 16.4. The Morgan fingerprint density at radius 2 is 2.12 bits per heavy atom. The number of carboxylic acid groups (broad SMARTS) is 1. The van der Waals surface area contributed by atoms with Crippen LogP contribution in [-0.2, 0) is 4.79 Å². The lowest BCUT2D eigenvalue weighted by atomic mass is 10.0. The van der Waals surface area contributed by atoms with Crippen LogP contribution in [0.3, 0.4) is 0 Å². The molecule has 6 nitrogen and oxygen atoms in total. The first-order valence-electron chi connectivity index (χ1n) is 4.53. The van der Waals surface area contributed by atoms with Crippen molar-refractivity contribution in [3.05, 3.63) is 29.6 Å². The first-order chi connectivity index (χ1) is 7.54. The number of carboxylic acids is 1. The van der Waals surface area contributed by atoms with Crippen molar-refractivity contribution in [2.45, 2.75) is 18.6 Å². The van der Waals surface area contributed by atoms with E-state index in [0.29, 0.717) is 6.29 Å². The van der Waals surface area contributed by atoms with E-state index in [9.17, 15) is 19.8 Å². The molecule has 0 fully saturated rings. The van der Waals surface area contributed by atoms with E-state index in [1.807, 2.05) is 0 Å². The highest BCUT2D eigenvalue weighted by Gasteiger charge is 2.21. The molecule has 0 aromatic carbocycles. The fourth-order valence-electron chi connectivity index (χ4n) is 1.17. The number of hydrogen-bond donors (Lipinski definition) is 3. The van der Waals surface area contributed by atoms with Gasteiger partial charge >= 0.3 is 5.97 Å². The molecule has 0 spiro atoms. The molecule has 0 aliphatic heterocycles. The lowest BCUT2D eigenvalue weighted by Gasteiger charge is -2.15. The number of aliphatic carboxylic acids is 1. The Morgan fingerprint density at radius 3 is 2.56 bits per heavy atom. The third kappa shape index (κ3) is 3.11. The molecular formula is C10H11NO5. The van der Waals surface area contributed by atoms with Crippen molar-refractivity contribution in [3.8, 4) is 0 Å². The molecule has 6 heteroatoms. The number of aromatic nitrogens is 1. The molecule has 1 heterocycles. The summed E-state index contributed by atoms with van der Waals surface area (Å²) in [6, 6.07) is 2.78. The molecule has 0 bridgehead atoms. The minimum Gasteiger partial charge on any atom is -0.481 e. The number of aldehydes is 1. The summed E-state index contributed by atoms with van der Waals surface area (Å²) in [6.45, 7) is 0. The molecule has 0 saturated heterocycles. The summed E-state index contributed by atoms with van der Waals surface area (Å²) < 4.78 is 0. The average Bonchev–Trinajstić information content (AvgIpc) is 2.27. The van der Waals surface area contributed by atoms with E-state index in [1.54, 1.807) is 0 Å². The van der Waals surface area contributed by atoms with Gasteiger partial charge in [-0.1, -0.05) is 6.07 Å². The molecule has 2 unspecified atom stereocenters. The maximum absolute atomic E-state index is 10.3. The average molecular weight is 225 g/mol. The quantitative estimate of drug-likeness (QED) is 0.597. The minimum atomic E-state index is -1.40. The van der Waals surface area contributed by atoms with Crippen molar-refractivity contribution in [2.75, 3.05) is 0 Å². The molecular weight excluding hydrogens is 214 g/mol. The van der Waals surface area contributed by atoms with Crippen molar-refractivity contribution in [3.63, 3.8) is 0 Å².